The van der Waals surface area contributed by atoms with Gasteiger partial charge in [-0.05, 0) is 53.4 Å². The van der Waals surface area contributed by atoms with Crippen LogP contribution in [0.3, 0.4) is 0 Å². The van der Waals surface area contributed by atoms with Gasteiger partial charge in [0.05, 0.1) is 17.3 Å². The molecule has 2 unspecified atom stereocenters. The summed E-state index contributed by atoms with van der Waals surface area (Å²) in [5.41, 5.74) is 10.6. The van der Waals surface area contributed by atoms with Crippen LogP contribution in [0.15, 0.2) is 97.7 Å². The molecule has 5 aromatic rings. The summed E-state index contributed by atoms with van der Waals surface area (Å²) in [6, 6.07) is 17.1. The molecule has 2 atom stereocenters. The number of carbonyl (C=O) groups excluding carboxylic acids is 1. The minimum atomic E-state index is -4.99. The fourth-order valence-electron chi connectivity index (χ4n) is 4.44. The van der Waals surface area contributed by atoms with E-state index in [1.54, 1.807) is 12.1 Å². The molecular weight excluding hydrogens is 642 g/mol. The molecule has 1 aliphatic carbocycles. The van der Waals surface area contributed by atoms with Gasteiger partial charge in [-0.3, -0.25) is 20.6 Å². The number of alkyl halides is 6. The Morgan fingerprint density at radius 2 is 1.58 bits per heavy atom. The molecule has 0 radical (unpaired) electrons. The fourth-order valence-corrected chi connectivity index (χ4v) is 4.44. The Morgan fingerprint density at radius 3 is 2.17 bits per heavy atom. The Kier molecular flexibility index (Phi) is 9.74. The molecule has 1 saturated carbocycles. The van der Waals surface area contributed by atoms with E-state index < -0.39 is 35.0 Å². The highest BCUT2D eigenvalue weighted by molar-refractivity contribution is 5.90. The zero-order valence-electron chi connectivity index (χ0n) is 24.6. The maximum absolute atomic E-state index is 13.0. The number of aromatic hydroxyl groups is 1. The number of amides is 1. The van der Waals surface area contributed by atoms with Crippen molar-refractivity contribution in [2.45, 2.75) is 30.7 Å². The second-order valence-corrected chi connectivity index (χ2v) is 10.5. The molecular formula is C32H26F6N8O2. The molecule has 16 heteroatoms. The van der Waals surface area contributed by atoms with Crippen molar-refractivity contribution in [3.63, 3.8) is 0 Å². The molecule has 0 aliphatic heterocycles. The summed E-state index contributed by atoms with van der Waals surface area (Å²) in [7, 11) is 0. The number of aromatic nitrogens is 5. The topological polar surface area (TPSA) is 144 Å². The first-order valence-electron chi connectivity index (χ1n) is 14.1. The monoisotopic (exact) mass is 668 g/mol. The molecule has 0 saturated heterocycles. The summed E-state index contributed by atoms with van der Waals surface area (Å²) in [4.78, 5) is 23.1. The molecule has 1 fully saturated rings. The van der Waals surface area contributed by atoms with Gasteiger partial charge >= 0.3 is 12.4 Å². The molecule has 0 bridgehead atoms. The minimum absolute atomic E-state index is 0.00878. The van der Waals surface area contributed by atoms with E-state index in [2.05, 4.69) is 55.2 Å². The quantitative estimate of drug-likeness (QED) is 0.0904. The first-order valence-corrected chi connectivity index (χ1v) is 14.1. The van der Waals surface area contributed by atoms with E-state index in [4.69, 9.17) is 5.73 Å². The van der Waals surface area contributed by atoms with Gasteiger partial charge in [-0.1, -0.05) is 36.4 Å². The Hall–Kier alpha value is -5.77. The Morgan fingerprint density at radius 1 is 0.896 bits per heavy atom. The maximum atomic E-state index is 13.0. The standard InChI is InChI=1S/C17H11F6N7O.C15H15NO/c18-16(19,20)11-5-10(6-12(7-11)17(21,22)23)15-26-9-30(29-15)4-1-14(31)28-27-13-8-24-2-3-25-13;16-15-9-14(15)11-6-4-10(5-7-11)12-2-1-3-13(17)8-12/h1-9H,(H,25,27)(H,28,31);1-8,14-15,17H,9,16H2. The molecule has 10 nitrogen and oxygen atoms in total. The summed E-state index contributed by atoms with van der Waals surface area (Å²) in [6.07, 6.45) is -1.61. The van der Waals surface area contributed by atoms with E-state index in [9.17, 15) is 36.2 Å². The lowest BCUT2D eigenvalue weighted by atomic mass is 10.0. The van der Waals surface area contributed by atoms with Crippen LogP contribution in [0.5, 0.6) is 5.75 Å². The number of carbonyl (C=O) groups is 1. The van der Waals surface area contributed by atoms with Crippen LogP contribution in [0.25, 0.3) is 28.7 Å². The van der Waals surface area contributed by atoms with Gasteiger partial charge in [0.2, 0.25) is 0 Å². The van der Waals surface area contributed by atoms with E-state index >= 15 is 0 Å². The third-order valence-corrected chi connectivity index (χ3v) is 6.97. The van der Waals surface area contributed by atoms with Gasteiger partial charge in [-0.25, -0.2) is 14.6 Å². The van der Waals surface area contributed by atoms with Crippen LogP contribution in [0, 0.1) is 0 Å². The molecule has 48 heavy (non-hydrogen) atoms. The Balaban J connectivity index is 0.000000221. The summed E-state index contributed by atoms with van der Waals surface area (Å²) >= 11 is 0. The van der Waals surface area contributed by atoms with Crippen molar-refractivity contribution in [3.05, 3.63) is 114 Å². The largest absolute Gasteiger partial charge is 0.508 e. The van der Waals surface area contributed by atoms with Crippen LogP contribution in [-0.2, 0) is 17.1 Å². The number of hydrazine groups is 1. The molecule has 1 amide bonds. The normalized spacial score (nSPS) is 15.8. The van der Waals surface area contributed by atoms with Crippen LogP contribution in [0.1, 0.15) is 29.0 Å². The van der Waals surface area contributed by atoms with Crippen LogP contribution in [0.4, 0.5) is 32.2 Å². The molecule has 3 aromatic carbocycles. The SMILES string of the molecule is NC1CC1c1ccc(-c2cccc(O)c2)cc1.O=C(C=Cn1cnc(-c2cc(C(F)(F)F)cc(C(F)(F)F)c2)n1)NNc1cnccn1. The van der Waals surface area contributed by atoms with Crippen LogP contribution >= 0.6 is 0 Å². The minimum Gasteiger partial charge on any atom is -0.508 e. The summed E-state index contributed by atoms with van der Waals surface area (Å²) in [5.74, 6) is 0.0711. The number of nitrogens with zero attached hydrogens (tertiary/aromatic N) is 5. The Labute approximate surface area is 269 Å². The number of nitrogens with one attached hydrogen (secondary N) is 2. The predicted octanol–water partition coefficient (Wildman–Crippen LogP) is 6.26. The van der Waals surface area contributed by atoms with Crippen LogP contribution < -0.4 is 16.6 Å². The molecule has 6 rings (SSSR count). The highest BCUT2D eigenvalue weighted by Crippen LogP contribution is 2.40. The van der Waals surface area contributed by atoms with E-state index in [0.717, 1.165) is 40.8 Å². The number of hydrogen-bond donors (Lipinski definition) is 4. The van der Waals surface area contributed by atoms with Crippen molar-refractivity contribution in [2.75, 3.05) is 5.43 Å². The summed E-state index contributed by atoms with van der Waals surface area (Å²) < 4.78 is 78.8. The number of rotatable bonds is 7. The highest BCUT2D eigenvalue weighted by atomic mass is 19.4. The number of anilines is 1. The number of nitrogens with two attached hydrogens (primary N) is 1. The lowest BCUT2D eigenvalue weighted by molar-refractivity contribution is -0.143. The van der Waals surface area contributed by atoms with Crippen molar-refractivity contribution in [1.82, 2.24) is 30.2 Å². The smallest absolute Gasteiger partial charge is 0.416 e. The molecule has 0 spiro atoms. The van der Waals surface area contributed by atoms with E-state index in [1.165, 1.54) is 24.2 Å². The third-order valence-electron chi connectivity index (χ3n) is 6.97. The third kappa shape index (κ3) is 8.94. The molecule has 2 heterocycles. The van der Waals surface area contributed by atoms with Crippen molar-refractivity contribution in [2.24, 2.45) is 5.73 Å². The zero-order chi connectivity index (χ0) is 34.5. The van der Waals surface area contributed by atoms with Crippen LogP contribution in [-0.4, -0.2) is 41.8 Å². The number of benzene rings is 3. The number of phenols is 1. The first-order chi connectivity index (χ1) is 22.8. The summed E-state index contributed by atoms with van der Waals surface area (Å²) in [5, 5.41) is 13.2. The molecule has 5 N–H and O–H groups in total. The number of hydrogen-bond acceptors (Lipinski definition) is 8. The van der Waals surface area contributed by atoms with Crippen molar-refractivity contribution in [3.8, 4) is 28.3 Å². The van der Waals surface area contributed by atoms with Gasteiger partial charge in [0.1, 0.15) is 12.1 Å². The highest BCUT2D eigenvalue weighted by Gasteiger charge is 2.37. The zero-order valence-corrected chi connectivity index (χ0v) is 24.6. The Bertz CT molecular complexity index is 1860. The van der Waals surface area contributed by atoms with Crippen molar-refractivity contribution in [1.29, 1.82) is 0 Å². The maximum Gasteiger partial charge on any atom is 0.416 e. The second kappa shape index (κ2) is 13.9. The van der Waals surface area contributed by atoms with E-state index in [0.29, 0.717) is 29.8 Å². The average molecular weight is 669 g/mol. The van der Waals surface area contributed by atoms with Gasteiger partial charge in [-0.2, -0.15) is 26.3 Å². The first kappa shape index (κ1) is 33.6. The molecule has 1 aliphatic rings. The second-order valence-electron chi connectivity index (χ2n) is 10.5. The number of halogens is 6. The molecule has 248 valence electrons. The van der Waals surface area contributed by atoms with Gasteiger partial charge in [-0.15, -0.1) is 5.10 Å². The summed E-state index contributed by atoms with van der Waals surface area (Å²) in [6.45, 7) is 0. The lowest BCUT2D eigenvalue weighted by Gasteiger charge is -2.13. The fraction of sp³-hybridized carbons (Fsp3) is 0.156. The lowest BCUT2D eigenvalue weighted by Crippen LogP contribution is -2.28. The van der Waals surface area contributed by atoms with Crippen molar-refractivity contribution >= 4 is 17.9 Å². The predicted molar refractivity (Wildman–Crippen MR) is 163 cm³/mol. The number of phenolic OH excluding ortho intramolecular Hbond substituents is 1. The molecule has 2 aromatic heterocycles. The van der Waals surface area contributed by atoms with Gasteiger partial charge in [0, 0.05) is 42.2 Å². The van der Waals surface area contributed by atoms with E-state index in [-0.39, 0.29) is 17.7 Å². The van der Waals surface area contributed by atoms with Gasteiger partial charge in [0.15, 0.2) is 11.6 Å². The van der Waals surface area contributed by atoms with Crippen molar-refractivity contribution < 1.29 is 36.2 Å². The average Bonchev–Trinajstić information content (AvgIpc) is 3.60. The van der Waals surface area contributed by atoms with Crippen LogP contribution in [0.2, 0.25) is 0 Å². The van der Waals surface area contributed by atoms with Gasteiger partial charge in [0.25, 0.3) is 5.91 Å². The van der Waals surface area contributed by atoms with Gasteiger partial charge < -0.3 is 10.8 Å². The van der Waals surface area contributed by atoms with E-state index in [1.807, 2.05) is 12.1 Å².